The summed E-state index contributed by atoms with van der Waals surface area (Å²) in [6, 6.07) is 3.82. The molecule has 0 aromatic carbocycles. The van der Waals surface area contributed by atoms with Crippen LogP contribution in [0.25, 0.3) is 0 Å². The molecule has 0 amide bonds. The van der Waals surface area contributed by atoms with E-state index in [1.54, 1.807) is 7.05 Å². The fourth-order valence-corrected chi connectivity index (χ4v) is 2.83. The molecule has 0 aliphatic heterocycles. The van der Waals surface area contributed by atoms with Gasteiger partial charge in [0.2, 0.25) is 0 Å². The van der Waals surface area contributed by atoms with E-state index in [1.165, 1.54) is 29.1 Å². The van der Waals surface area contributed by atoms with Gasteiger partial charge < -0.3 is 4.42 Å². The molecule has 0 saturated heterocycles. The van der Waals surface area contributed by atoms with E-state index in [0.29, 0.717) is 17.6 Å². The van der Waals surface area contributed by atoms with E-state index in [-0.39, 0.29) is 6.54 Å². The molecule has 0 unspecified atom stereocenters. The number of rotatable bonds is 5. The second-order valence-corrected chi connectivity index (χ2v) is 7.42. The van der Waals surface area contributed by atoms with Crippen LogP contribution < -0.4 is 0 Å². The highest BCUT2D eigenvalue weighted by molar-refractivity contribution is 7.86. The van der Waals surface area contributed by atoms with Crippen LogP contribution in [0.15, 0.2) is 16.5 Å². The molecule has 1 heterocycles. The summed E-state index contributed by atoms with van der Waals surface area (Å²) in [4.78, 5) is 0. The largest absolute Gasteiger partial charge is 0.464 e. The third-order valence-corrected chi connectivity index (χ3v) is 5.23. The summed E-state index contributed by atoms with van der Waals surface area (Å²) < 4.78 is 31.9. The predicted molar refractivity (Wildman–Crippen MR) is 69.3 cm³/mol. The lowest BCUT2D eigenvalue weighted by molar-refractivity contribution is 0.368. The zero-order valence-corrected chi connectivity index (χ0v) is 12.1. The van der Waals surface area contributed by atoms with E-state index in [0.717, 1.165) is 5.76 Å². The van der Waals surface area contributed by atoms with Crippen LogP contribution in [-0.2, 0) is 16.8 Å². The van der Waals surface area contributed by atoms with Gasteiger partial charge in [-0.3, -0.25) is 0 Å². The van der Waals surface area contributed by atoms with Gasteiger partial charge in [0, 0.05) is 27.1 Å². The summed E-state index contributed by atoms with van der Waals surface area (Å²) >= 11 is 0. The van der Waals surface area contributed by atoms with Crippen molar-refractivity contribution in [3.05, 3.63) is 23.7 Å². The van der Waals surface area contributed by atoms with Crippen molar-refractivity contribution in [2.24, 2.45) is 5.92 Å². The number of furan rings is 1. The first kappa shape index (κ1) is 13.6. The molecule has 0 spiro atoms. The van der Waals surface area contributed by atoms with Crippen molar-refractivity contribution in [2.75, 3.05) is 21.1 Å². The Hall–Kier alpha value is -0.850. The lowest BCUT2D eigenvalue weighted by Crippen LogP contribution is -2.36. The minimum Gasteiger partial charge on any atom is -0.464 e. The Morgan fingerprint density at radius 2 is 1.94 bits per heavy atom. The molecule has 0 N–H and O–H groups in total. The normalized spacial score (nSPS) is 23.9. The van der Waals surface area contributed by atoms with Gasteiger partial charge >= 0.3 is 0 Å². The predicted octanol–water partition coefficient (Wildman–Crippen LogP) is 1.64. The molecule has 102 valence electrons. The number of hydrogen-bond donors (Lipinski definition) is 0. The molecule has 1 aliphatic carbocycles. The molecule has 0 radical (unpaired) electrons. The van der Waals surface area contributed by atoms with E-state index in [9.17, 15) is 8.42 Å². The average molecular weight is 272 g/mol. The molecule has 18 heavy (non-hydrogen) atoms. The van der Waals surface area contributed by atoms with Crippen molar-refractivity contribution in [3.8, 4) is 0 Å². The van der Waals surface area contributed by atoms with Gasteiger partial charge in [0.05, 0.1) is 6.54 Å². The minimum absolute atomic E-state index is 0.265. The number of nitrogens with zero attached hydrogens (tertiary/aromatic N) is 2. The Kier molecular flexibility index (Phi) is 3.53. The van der Waals surface area contributed by atoms with Gasteiger partial charge in [-0.2, -0.15) is 17.0 Å². The van der Waals surface area contributed by atoms with Crippen molar-refractivity contribution in [2.45, 2.75) is 25.8 Å². The highest BCUT2D eigenvalue weighted by Gasteiger charge is 2.36. The minimum atomic E-state index is -3.37. The fraction of sp³-hybridized carbons (Fsp3) is 0.667. The Morgan fingerprint density at radius 3 is 2.44 bits per heavy atom. The van der Waals surface area contributed by atoms with Gasteiger partial charge in [-0.1, -0.05) is 6.92 Å². The summed E-state index contributed by atoms with van der Waals surface area (Å²) in [6.07, 6.45) is 1.17. The highest BCUT2D eigenvalue weighted by atomic mass is 32.2. The van der Waals surface area contributed by atoms with Crippen molar-refractivity contribution < 1.29 is 12.8 Å². The smallest absolute Gasteiger partial charge is 0.281 e. The highest BCUT2D eigenvalue weighted by Crippen LogP contribution is 2.47. The van der Waals surface area contributed by atoms with Crippen molar-refractivity contribution in [3.63, 3.8) is 0 Å². The van der Waals surface area contributed by atoms with Crippen LogP contribution >= 0.6 is 0 Å². The zero-order valence-electron chi connectivity index (χ0n) is 11.3. The summed E-state index contributed by atoms with van der Waals surface area (Å²) in [5.41, 5.74) is 0. The van der Waals surface area contributed by atoms with E-state index < -0.39 is 10.2 Å². The van der Waals surface area contributed by atoms with Gasteiger partial charge in [0.25, 0.3) is 10.2 Å². The third kappa shape index (κ3) is 2.60. The van der Waals surface area contributed by atoms with E-state index in [4.69, 9.17) is 4.42 Å². The Morgan fingerprint density at radius 1 is 1.33 bits per heavy atom. The van der Waals surface area contributed by atoms with Gasteiger partial charge in [-0.15, -0.1) is 0 Å². The van der Waals surface area contributed by atoms with Crippen molar-refractivity contribution in [1.82, 2.24) is 8.61 Å². The molecule has 2 rings (SSSR count). The summed E-state index contributed by atoms with van der Waals surface area (Å²) in [5, 5.41) is 0. The van der Waals surface area contributed by atoms with Gasteiger partial charge in [-0.25, -0.2) is 0 Å². The molecule has 1 aromatic rings. The maximum atomic E-state index is 11.8. The second-order valence-electron chi connectivity index (χ2n) is 5.17. The molecule has 2 atom stereocenters. The van der Waals surface area contributed by atoms with Crippen molar-refractivity contribution in [1.29, 1.82) is 0 Å². The van der Waals surface area contributed by atoms with Crippen LogP contribution in [-0.4, -0.2) is 38.2 Å². The maximum absolute atomic E-state index is 11.8. The van der Waals surface area contributed by atoms with Crippen LogP contribution in [0.5, 0.6) is 0 Å². The molecule has 1 aliphatic rings. The summed E-state index contributed by atoms with van der Waals surface area (Å²) in [6.45, 7) is 2.46. The monoisotopic (exact) mass is 272 g/mol. The zero-order chi connectivity index (χ0) is 13.5. The summed E-state index contributed by atoms with van der Waals surface area (Å²) in [5.74, 6) is 2.88. The maximum Gasteiger partial charge on any atom is 0.281 e. The first-order chi connectivity index (χ1) is 8.32. The van der Waals surface area contributed by atoms with Gasteiger partial charge in [0.15, 0.2) is 0 Å². The molecule has 1 saturated carbocycles. The molecular formula is C12H20N2O3S. The van der Waals surface area contributed by atoms with Crippen LogP contribution in [0, 0.1) is 5.92 Å². The molecule has 1 fully saturated rings. The fourth-order valence-electron chi connectivity index (χ4n) is 1.98. The molecule has 0 bridgehead atoms. The average Bonchev–Trinajstić information content (AvgIpc) is 2.84. The number of hydrogen-bond acceptors (Lipinski definition) is 3. The summed E-state index contributed by atoms with van der Waals surface area (Å²) in [7, 11) is 1.22. The Bertz CT molecular complexity index is 521. The Labute approximate surface area is 109 Å². The molecular weight excluding hydrogens is 252 g/mol. The van der Waals surface area contributed by atoms with Crippen molar-refractivity contribution >= 4 is 10.2 Å². The van der Waals surface area contributed by atoms with Gasteiger partial charge in [0.1, 0.15) is 11.5 Å². The molecule has 6 heteroatoms. The van der Waals surface area contributed by atoms with Crippen LogP contribution in [0.1, 0.15) is 30.8 Å². The topological polar surface area (TPSA) is 53.8 Å². The van der Waals surface area contributed by atoms with Crippen LogP contribution in [0.2, 0.25) is 0 Å². The van der Waals surface area contributed by atoms with Crippen LogP contribution in [0.4, 0.5) is 0 Å². The first-order valence-electron chi connectivity index (χ1n) is 6.04. The molecule has 1 aromatic heterocycles. The van der Waals surface area contributed by atoms with E-state index in [2.05, 4.69) is 6.92 Å². The van der Waals surface area contributed by atoms with Crippen LogP contribution in [0.3, 0.4) is 0 Å². The lowest BCUT2D eigenvalue weighted by atomic mass is 10.3. The molecule has 5 nitrogen and oxygen atoms in total. The lowest BCUT2D eigenvalue weighted by Gasteiger charge is -2.20. The SMILES string of the molecule is C[C@H]1C[C@H]1c1ccc(CN(C)S(=O)(=O)N(C)C)o1. The van der Waals surface area contributed by atoms with Gasteiger partial charge in [-0.05, 0) is 24.5 Å². The van der Waals surface area contributed by atoms with E-state index in [1.807, 2.05) is 12.1 Å². The van der Waals surface area contributed by atoms with E-state index >= 15 is 0 Å². The second kappa shape index (κ2) is 4.68. The quantitative estimate of drug-likeness (QED) is 0.819. The Balaban J connectivity index is 2.03. The first-order valence-corrected chi connectivity index (χ1v) is 7.44. The third-order valence-electron chi connectivity index (χ3n) is 3.39. The standard InChI is InChI=1S/C12H20N2O3S/c1-9-7-11(9)12-6-5-10(17-12)8-14(4)18(15,16)13(2)3/h5-6,9,11H,7-8H2,1-4H3/t9-,11+/m0/s1.